The van der Waals surface area contributed by atoms with Crippen LogP contribution >= 0.6 is 0 Å². The third-order valence-corrected chi connectivity index (χ3v) is 13.7. The number of H-pyrrole nitrogens is 1. The maximum Gasteiger partial charge on any atom is 0.301 e. The van der Waals surface area contributed by atoms with Crippen molar-refractivity contribution in [3.8, 4) is 11.1 Å². The van der Waals surface area contributed by atoms with Crippen LogP contribution in [0.4, 0.5) is 34.9 Å². The molecule has 3 saturated heterocycles. The van der Waals surface area contributed by atoms with Gasteiger partial charge in [0.15, 0.2) is 5.82 Å². The van der Waals surface area contributed by atoms with E-state index in [1.807, 2.05) is 4.90 Å². The zero-order chi connectivity index (χ0) is 46.2. The molecule has 5 aromatic rings. The Kier molecular flexibility index (Phi) is 12.8. The summed E-state index contributed by atoms with van der Waals surface area (Å²) in [7, 11) is -2.90. The van der Waals surface area contributed by atoms with Crippen molar-refractivity contribution in [1.29, 1.82) is 0 Å². The molecule has 0 bridgehead atoms. The Morgan fingerprint density at radius 2 is 1.68 bits per heavy atom. The van der Waals surface area contributed by atoms with Crippen LogP contribution in [0, 0.1) is 11.6 Å². The third kappa shape index (κ3) is 9.61. The first kappa shape index (κ1) is 45.3. The number of amides is 2. The highest BCUT2D eigenvalue weighted by Crippen LogP contribution is 2.41. The smallest absolute Gasteiger partial charge is 0.301 e. The van der Waals surface area contributed by atoms with E-state index in [-0.39, 0.29) is 54.3 Å². The van der Waals surface area contributed by atoms with Crippen molar-refractivity contribution in [3.05, 3.63) is 95.6 Å². The molecule has 3 atom stereocenters. The van der Waals surface area contributed by atoms with Crippen molar-refractivity contribution >= 4 is 56.2 Å². The number of rotatable bonds is 13. The Balaban J connectivity index is 0.852. The number of anilines is 3. The van der Waals surface area contributed by atoms with Crippen LogP contribution < -0.4 is 20.3 Å². The molecule has 3 aliphatic rings. The summed E-state index contributed by atoms with van der Waals surface area (Å²) in [6.07, 6.45) is 5.73. The molecule has 0 aliphatic carbocycles. The van der Waals surface area contributed by atoms with Crippen LogP contribution in [0.1, 0.15) is 53.6 Å². The highest BCUT2D eigenvalue weighted by molar-refractivity contribution is 7.90. The van der Waals surface area contributed by atoms with Gasteiger partial charge < -0.3 is 30.5 Å². The molecule has 17 nitrogen and oxygen atoms in total. The summed E-state index contributed by atoms with van der Waals surface area (Å²) in [4.78, 5) is 59.7. The normalized spacial score (nSPS) is 20.5. The Hall–Kier alpha value is -6.23. The molecule has 8 rings (SSSR count). The van der Waals surface area contributed by atoms with Crippen molar-refractivity contribution in [2.24, 2.45) is 0 Å². The summed E-state index contributed by atoms with van der Waals surface area (Å²) in [5.41, 5.74) is 0.758. The number of aliphatic hydroxyl groups excluding tert-OH is 1. The zero-order valence-corrected chi connectivity index (χ0v) is 36.2. The minimum atomic E-state index is -4.17. The predicted molar refractivity (Wildman–Crippen MR) is 233 cm³/mol. The number of hydrogen-bond acceptors (Lipinski definition) is 12. The number of nitrogens with zero attached hydrogens (tertiary/aromatic N) is 7. The Morgan fingerprint density at radius 3 is 2.35 bits per heavy atom. The molecule has 3 aliphatic heterocycles. The number of piperazine rings is 1. The maximum absolute atomic E-state index is 15.6. The SMILES string of the molecule is CCN(C)S(=O)(=O)Nc1ccc(F)c(C(=O)c2c[nH]c3ncc(-c4cnc(N5CCN(C(=O)CN6CCC(c7ccc(NC8CCC(=O)NC8O)cc7)C(F)(F)C6)CC5)nc4)cc23)c1F. The van der Waals surface area contributed by atoms with Crippen LogP contribution in [0.15, 0.2) is 67.3 Å². The lowest BCUT2D eigenvalue weighted by Crippen LogP contribution is -2.54. The summed E-state index contributed by atoms with van der Waals surface area (Å²) in [5.74, 6) is -7.77. The number of aromatic nitrogens is 4. The quantitative estimate of drug-likeness (QED) is 0.0842. The molecule has 0 saturated carbocycles. The number of carbonyl (C=O) groups excluding carboxylic acids is 3. The monoisotopic (exact) mass is 921 g/mol. The molecule has 3 unspecified atom stereocenters. The number of benzene rings is 2. The number of halogens is 4. The average Bonchev–Trinajstić information content (AvgIpc) is 3.72. The Bertz CT molecular complexity index is 2700. The minimum Gasteiger partial charge on any atom is -0.378 e. The van der Waals surface area contributed by atoms with Gasteiger partial charge in [0.25, 0.3) is 5.92 Å². The van der Waals surface area contributed by atoms with Crippen molar-refractivity contribution < 1.29 is 45.5 Å². The van der Waals surface area contributed by atoms with Crippen molar-refractivity contribution in [3.63, 3.8) is 0 Å². The Morgan fingerprint density at radius 1 is 0.969 bits per heavy atom. The Labute approximate surface area is 371 Å². The van der Waals surface area contributed by atoms with E-state index in [4.69, 9.17) is 0 Å². The first-order chi connectivity index (χ1) is 31.0. The highest BCUT2D eigenvalue weighted by Gasteiger charge is 2.46. The summed E-state index contributed by atoms with van der Waals surface area (Å²) in [6.45, 7) is 2.73. The van der Waals surface area contributed by atoms with Crippen LogP contribution in [0.3, 0.4) is 0 Å². The van der Waals surface area contributed by atoms with E-state index >= 15 is 17.6 Å². The molecule has 0 radical (unpaired) electrons. The maximum atomic E-state index is 15.6. The molecule has 65 heavy (non-hydrogen) atoms. The van der Waals surface area contributed by atoms with Crippen molar-refractivity contribution in [2.45, 2.75) is 50.3 Å². The molecule has 3 aromatic heterocycles. The van der Waals surface area contributed by atoms with Crippen molar-refractivity contribution in [2.75, 3.05) is 74.3 Å². The van der Waals surface area contributed by atoms with Gasteiger partial charge in [0.05, 0.1) is 36.3 Å². The number of ketones is 1. The van der Waals surface area contributed by atoms with Gasteiger partial charge in [-0.3, -0.25) is 24.0 Å². The second-order valence-corrected chi connectivity index (χ2v) is 18.1. The van der Waals surface area contributed by atoms with E-state index in [0.29, 0.717) is 67.5 Å². The highest BCUT2D eigenvalue weighted by atomic mass is 32.2. The van der Waals surface area contributed by atoms with Crippen LogP contribution in [0.2, 0.25) is 0 Å². The average molecular weight is 922 g/mol. The lowest BCUT2D eigenvalue weighted by atomic mass is 9.86. The molecule has 0 spiro atoms. The van der Waals surface area contributed by atoms with Gasteiger partial charge in [-0.2, -0.15) is 12.7 Å². The third-order valence-electron chi connectivity index (χ3n) is 12.1. The fourth-order valence-corrected chi connectivity index (χ4v) is 9.24. The van der Waals surface area contributed by atoms with Gasteiger partial charge in [-0.25, -0.2) is 32.5 Å². The standard InChI is InChI=1S/C43H47F4N11O6S/c1-3-55(2)65(63,64)54-33-9-8-32(44)37(38(33)45)39(61)30-22-49-40-29(30)18-26(19-48-40)27-20-50-42(51-21-27)58-16-14-57(15-17-58)36(60)23-56-13-12-31(43(46,47)24-56)25-4-6-28(7-5-25)52-34-10-11-35(59)53-41(34)62/h4-9,18-22,31,34,41,52,54,62H,3,10-17,23-24H2,1-2H3,(H,48,49)(H,53,59). The van der Waals surface area contributed by atoms with Gasteiger partial charge in [-0.05, 0) is 55.3 Å². The number of aliphatic hydroxyl groups is 1. The number of nitrogens with one attached hydrogen (secondary N) is 4. The van der Waals surface area contributed by atoms with Gasteiger partial charge in [0.2, 0.25) is 23.5 Å². The summed E-state index contributed by atoms with van der Waals surface area (Å²) in [6, 6.07) is 9.58. The fourth-order valence-electron chi connectivity index (χ4n) is 8.31. The molecule has 2 amide bonds. The molecular formula is C43H47F4N11O6S. The second kappa shape index (κ2) is 18.3. The number of aromatic amines is 1. The second-order valence-electron chi connectivity index (χ2n) is 16.3. The number of piperidine rings is 2. The van der Waals surface area contributed by atoms with Gasteiger partial charge in [0.1, 0.15) is 17.7 Å². The van der Waals surface area contributed by atoms with Gasteiger partial charge in [-0.15, -0.1) is 0 Å². The number of hydrogen-bond donors (Lipinski definition) is 5. The van der Waals surface area contributed by atoms with Crippen LogP contribution in [0.5, 0.6) is 0 Å². The lowest BCUT2D eigenvalue weighted by molar-refractivity contribution is -0.136. The van der Waals surface area contributed by atoms with Gasteiger partial charge >= 0.3 is 10.2 Å². The predicted octanol–water partition coefficient (Wildman–Crippen LogP) is 3.92. The number of alkyl halides is 2. The molecule has 6 heterocycles. The molecule has 22 heteroatoms. The summed E-state index contributed by atoms with van der Waals surface area (Å²) < 4.78 is 89.8. The lowest BCUT2D eigenvalue weighted by Gasteiger charge is -2.40. The molecule has 5 N–H and O–H groups in total. The van der Waals surface area contributed by atoms with E-state index in [9.17, 15) is 27.9 Å². The minimum absolute atomic E-state index is 0.0804. The zero-order valence-electron chi connectivity index (χ0n) is 35.4. The van der Waals surface area contributed by atoms with Gasteiger partial charge in [0, 0.05) is 98.7 Å². The molecule has 3 fully saturated rings. The largest absolute Gasteiger partial charge is 0.378 e. The number of likely N-dealkylation sites (tertiary alicyclic amines) is 1. The van der Waals surface area contributed by atoms with E-state index in [2.05, 4.69) is 35.3 Å². The topological polar surface area (TPSA) is 209 Å². The summed E-state index contributed by atoms with van der Waals surface area (Å²) >= 11 is 0. The number of pyridine rings is 1. The van der Waals surface area contributed by atoms with E-state index in [1.54, 1.807) is 54.5 Å². The fraction of sp³-hybridized carbons (Fsp3) is 0.395. The van der Waals surface area contributed by atoms with Crippen LogP contribution in [-0.4, -0.2) is 143 Å². The van der Waals surface area contributed by atoms with Gasteiger partial charge in [-0.1, -0.05) is 19.1 Å². The van der Waals surface area contributed by atoms with E-state index in [0.717, 1.165) is 16.4 Å². The number of carbonyl (C=O) groups is 3. The van der Waals surface area contributed by atoms with Crippen molar-refractivity contribution in [1.82, 2.24) is 39.4 Å². The summed E-state index contributed by atoms with van der Waals surface area (Å²) in [5, 5.41) is 16.0. The first-order valence-corrected chi connectivity index (χ1v) is 22.5. The molecular weight excluding hydrogens is 875 g/mol. The number of fused-ring (bicyclic) bond motifs is 1. The van der Waals surface area contributed by atoms with E-state index < -0.39 is 69.5 Å². The van der Waals surface area contributed by atoms with Crippen LogP contribution in [-0.2, 0) is 19.8 Å². The molecule has 344 valence electrons. The molecule has 2 aromatic carbocycles. The first-order valence-electron chi connectivity index (χ1n) is 21.0. The van der Waals surface area contributed by atoms with Crippen LogP contribution in [0.25, 0.3) is 22.2 Å². The van der Waals surface area contributed by atoms with E-state index in [1.165, 1.54) is 24.3 Å².